The molecule has 0 spiro atoms. The Morgan fingerprint density at radius 2 is 1.84 bits per heavy atom. The summed E-state index contributed by atoms with van der Waals surface area (Å²) in [5.74, 6) is -0.650. The highest BCUT2D eigenvalue weighted by atomic mass is 35.5. The maximum atomic E-state index is 12.8. The van der Waals surface area contributed by atoms with Crippen LogP contribution in [-0.2, 0) is 11.3 Å². The van der Waals surface area contributed by atoms with Gasteiger partial charge >= 0.3 is 6.03 Å². The molecule has 5 nitrogen and oxygen atoms in total. The Morgan fingerprint density at radius 1 is 1.12 bits per heavy atom. The van der Waals surface area contributed by atoms with Gasteiger partial charge in [0.05, 0.1) is 12.6 Å². The van der Waals surface area contributed by atoms with E-state index in [0.717, 1.165) is 11.1 Å². The second kappa shape index (κ2) is 9.03. The van der Waals surface area contributed by atoms with Gasteiger partial charge in [0.25, 0.3) is 0 Å². The maximum absolute atomic E-state index is 12.8. The molecule has 0 unspecified atom stereocenters. The van der Waals surface area contributed by atoms with E-state index in [2.05, 4.69) is 16.0 Å². The lowest BCUT2D eigenvalue weighted by atomic mass is 10.1. The summed E-state index contributed by atoms with van der Waals surface area (Å²) in [5.41, 5.74) is 1.64. The first-order valence-corrected chi connectivity index (χ1v) is 8.13. The van der Waals surface area contributed by atoms with E-state index >= 15 is 0 Å². The Kier molecular flexibility index (Phi) is 6.77. The Balaban J connectivity index is 1.71. The van der Waals surface area contributed by atoms with Crippen molar-refractivity contribution in [2.45, 2.75) is 19.5 Å². The van der Waals surface area contributed by atoms with Crippen LogP contribution in [-0.4, -0.2) is 18.5 Å². The van der Waals surface area contributed by atoms with Crippen LogP contribution in [0.3, 0.4) is 0 Å². The highest BCUT2D eigenvalue weighted by molar-refractivity contribution is 6.30. The number of amides is 3. The minimum absolute atomic E-state index is 0.153. The molecule has 0 aliphatic heterocycles. The van der Waals surface area contributed by atoms with Crippen molar-refractivity contribution in [3.8, 4) is 0 Å². The first kappa shape index (κ1) is 18.7. The second-order valence-electron chi connectivity index (χ2n) is 5.51. The lowest BCUT2D eigenvalue weighted by molar-refractivity contribution is -0.120. The predicted octanol–water partition coefficient (Wildman–Crippen LogP) is 3.16. The summed E-state index contributed by atoms with van der Waals surface area (Å²) in [4.78, 5) is 23.6. The monoisotopic (exact) mass is 363 g/mol. The number of benzene rings is 2. The van der Waals surface area contributed by atoms with Gasteiger partial charge in [0, 0.05) is 11.6 Å². The molecule has 0 fully saturated rings. The minimum atomic E-state index is -0.477. The van der Waals surface area contributed by atoms with Crippen LogP contribution in [0.15, 0.2) is 48.5 Å². The molecule has 7 heteroatoms. The number of nitrogens with one attached hydrogen (secondary N) is 3. The molecule has 0 saturated heterocycles. The molecule has 3 amide bonds. The van der Waals surface area contributed by atoms with E-state index in [1.807, 2.05) is 19.1 Å². The zero-order valence-electron chi connectivity index (χ0n) is 13.7. The van der Waals surface area contributed by atoms with Gasteiger partial charge in [-0.25, -0.2) is 9.18 Å². The van der Waals surface area contributed by atoms with E-state index in [4.69, 9.17) is 11.6 Å². The fourth-order valence-corrected chi connectivity index (χ4v) is 2.36. The number of carbonyl (C=O) groups excluding carboxylic acids is 2. The average Bonchev–Trinajstić information content (AvgIpc) is 2.59. The summed E-state index contributed by atoms with van der Waals surface area (Å²) >= 11 is 5.92. The van der Waals surface area contributed by atoms with Crippen molar-refractivity contribution in [3.05, 3.63) is 70.5 Å². The van der Waals surface area contributed by atoms with E-state index in [1.54, 1.807) is 24.3 Å². The van der Waals surface area contributed by atoms with Crippen LogP contribution in [0.1, 0.15) is 24.1 Å². The Labute approximate surface area is 150 Å². The van der Waals surface area contributed by atoms with Crippen molar-refractivity contribution in [2.75, 3.05) is 6.54 Å². The van der Waals surface area contributed by atoms with E-state index < -0.39 is 6.03 Å². The summed E-state index contributed by atoms with van der Waals surface area (Å²) in [6.07, 6.45) is 0. The van der Waals surface area contributed by atoms with Crippen LogP contribution in [0.25, 0.3) is 0 Å². The van der Waals surface area contributed by atoms with E-state index in [9.17, 15) is 14.0 Å². The SMILES string of the molecule is C[C@H](NC(=O)CNC(=O)NCc1ccc(F)cc1)c1cccc(Cl)c1. The molecule has 0 saturated carbocycles. The van der Waals surface area contributed by atoms with E-state index in [-0.39, 0.29) is 30.9 Å². The van der Waals surface area contributed by atoms with Crippen molar-refractivity contribution in [1.29, 1.82) is 0 Å². The Bertz CT molecular complexity index is 737. The van der Waals surface area contributed by atoms with Crippen LogP contribution in [0.2, 0.25) is 5.02 Å². The average molecular weight is 364 g/mol. The van der Waals surface area contributed by atoms with Gasteiger partial charge in [-0.15, -0.1) is 0 Å². The summed E-state index contributed by atoms with van der Waals surface area (Å²) < 4.78 is 12.8. The summed E-state index contributed by atoms with van der Waals surface area (Å²) in [5, 5.41) is 8.44. The lowest BCUT2D eigenvalue weighted by Crippen LogP contribution is -2.42. The van der Waals surface area contributed by atoms with E-state index in [0.29, 0.717) is 5.02 Å². The first-order chi connectivity index (χ1) is 11.9. The van der Waals surface area contributed by atoms with Crippen LogP contribution < -0.4 is 16.0 Å². The molecule has 0 heterocycles. The molecule has 0 aliphatic carbocycles. The molecular formula is C18H19ClFN3O2. The quantitative estimate of drug-likeness (QED) is 0.737. The Morgan fingerprint density at radius 3 is 2.52 bits per heavy atom. The number of halogens is 2. The van der Waals surface area contributed by atoms with Gasteiger partial charge in [0.1, 0.15) is 5.82 Å². The van der Waals surface area contributed by atoms with Gasteiger partial charge in [-0.05, 0) is 42.3 Å². The van der Waals surface area contributed by atoms with Crippen molar-refractivity contribution in [2.24, 2.45) is 0 Å². The first-order valence-electron chi connectivity index (χ1n) is 7.75. The summed E-state index contributed by atoms with van der Waals surface area (Å²) in [6, 6.07) is 12.3. The van der Waals surface area contributed by atoms with Crippen molar-refractivity contribution in [1.82, 2.24) is 16.0 Å². The number of hydrogen-bond acceptors (Lipinski definition) is 2. The third-order valence-electron chi connectivity index (χ3n) is 3.50. The number of rotatable bonds is 6. The van der Waals surface area contributed by atoms with Gasteiger partial charge in [-0.3, -0.25) is 4.79 Å². The Hall–Kier alpha value is -2.60. The second-order valence-corrected chi connectivity index (χ2v) is 5.94. The standard InChI is InChI=1S/C18H19ClFN3O2/c1-12(14-3-2-4-15(19)9-14)23-17(24)11-22-18(25)21-10-13-5-7-16(20)8-6-13/h2-9,12H,10-11H2,1H3,(H,23,24)(H2,21,22,25)/t12-/m0/s1. The van der Waals surface area contributed by atoms with Crippen molar-refractivity contribution in [3.63, 3.8) is 0 Å². The predicted molar refractivity (Wildman–Crippen MR) is 94.6 cm³/mol. The third-order valence-corrected chi connectivity index (χ3v) is 3.74. The zero-order valence-corrected chi connectivity index (χ0v) is 14.4. The molecule has 3 N–H and O–H groups in total. The molecule has 0 aromatic heterocycles. The molecule has 2 aromatic rings. The highest BCUT2D eigenvalue weighted by Gasteiger charge is 2.11. The van der Waals surface area contributed by atoms with Crippen LogP contribution >= 0.6 is 11.6 Å². The molecule has 132 valence electrons. The fraction of sp³-hybridized carbons (Fsp3) is 0.222. The van der Waals surface area contributed by atoms with Crippen molar-refractivity contribution < 1.29 is 14.0 Å². The molecule has 2 aromatic carbocycles. The van der Waals surface area contributed by atoms with Crippen molar-refractivity contribution >= 4 is 23.5 Å². The topological polar surface area (TPSA) is 70.2 Å². The number of hydrogen-bond donors (Lipinski definition) is 3. The van der Waals surface area contributed by atoms with Crippen LogP contribution in [0.4, 0.5) is 9.18 Å². The van der Waals surface area contributed by atoms with Gasteiger partial charge in [0.2, 0.25) is 5.91 Å². The fourth-order valence-electron chi connectivity index (χ4n) is 2.16. The molecule has 0 radical (unpaired) electrons. The van der Waals surface area contributed by atoms with Gasteiger partial charge in [0.15, 0.2) is 0 Å². The number of urea groups is 1. The lowest BCUT2D eigenvalue weighted by Gasteiger charge is -2.15. The molecule has 0 aliphatic rings. The molecular weight excluding hydrogens is 345 g/mol. The normalized spacial score (nSPS) is 11.5. The largest absolute Gasteiger partial charge is 0.348 e. The van der Waals surface area contributed by atoms with Crippen LogP contribution in [0.5, 0.6) is 0 Å². The minimum Gasteiger partial charge on any atom is -0.348 e. The molecule has 25 heavy (non-hydrogen) atoms. The van der Waals surface area contributed by atoms with Gasteiger partial charge < -0.3 is 16.0 Å². The smallest absolute Gasteiger partial charge is 0.315 e. The maximum Gasteiger partial charge on any atom is 0.315 e. The highest BCUT2D eigenvalue weighted by Crippen LogP contribution is 2.17. The molecule has 1 atom stereocenters. The molecule has 2 rings (SSSR count). The van der Waals surface area contributed by atoms with Gasteiger partial charge in [-0.2, -0.15) is 0 Å². The van der Waals surface area contributed by atoms with Gasteiger partial charge in [-0.1, -0.05) is 35.9 Å². The summed E-state index contributed by atoms with van der Waals surface area (Å²) in [7, 11) is 0. The summed E-state index contributed by atoms with van der Waals surface area (Å²) in [6.45, 7) is 1.92. The van der Waals surface area contributed by atoms with E-state index in [1.165, 1.54) is 12.1 Å². The third kappa shape index (κ3) is 6.43. The number of carbonyl (C=O) groups is 2. The van der Waals surface area contributed by atoms with Crippen LogP contribution in [0, 0.1) is 5.82 Å². The molecule has 0 bridgehead atoms. The zero-order chi connectivity index (χ0) is 18.2.